The number of nitrogens with zero attached hydrogens (tertiary/aromatic N) is 2. The number of hydrogen-bond donors (Lipinski definition) is 1. The van der Waals surface area contributed by atoms with E-state index in [4.69, 9.17) is 18.9 Å². The molecule has 1 fully saturated rings. The number of methoxy groups -OCH3 is 2. The highest BCUT2D eigenvalue weighted by atomic mass is 16.5. The quantitative estimate of drug-likeness (QED) is 0.327. The van der Waals surface area contributed by atoms with E-state index in [0.29, 0.717) is 19.3 Å². The van der Waals surface area contributed by atoms with Gasteiger partial charge in [0.1, 0.15) is 5.75 Å². The Labute approximate surface area is 175 Å². The molecule has 1 heterocycles. The van der Waals surface area contributed by atoms with E-state index in [-0.39, 0.29) is 0 Å². The molecule has 2 rings (SSSR count). The summed E-state index contributed by atoms with van der Waals surface area (Å²) in [7, 11) is 5.24. The van der Waals surface area contributed by atoms with E-state index < -0.39 is 0 Å². The van der Waals surface area contributed by atoms with E-state index in [0.717, 1.165) is 75.8 Å². The SMILES string of the molecule is CN=C(NCCCOCc1ccc(OC)cc1)N1CCC(OCCCOC)CC1. The number of aliphatic imine (C=N–C) groups is 1. The highest BCUT2D eigenvalue weighted by Gasteiger charge is 2.21. The summed E-state index contributed by atoms with van der Waals surface area (Å²) in [6.07, 6.45) is 4.33. The van der Waals surface area contributed by atoms with Crippen LogP contribution in [0.15, 0.2) is 29.3 Å². The van der Waals surface area contributed by atoms with Crippen molar-refractivity contribution in [2.45, 2.75) is 38.4 Å². The van der Waals surface area contributed by atoms with Gasteiger partial charge in [0, 0.05) is 53.6 Å². The van der Waals surface area contributed by atoms with E-state index in [9.17, 15) is 0 Å². The molecular weight excluding hydrogens is 370 g/mol. The fourth-order valence-corrected chi connectivity index (χ4v) is 3.31. The van der Waals surface area contributed by atoms with Gasteiger partial charge in [0.25, 0.3) is 0 Å². The summed E-state index contributed by atoms with van der Waals surface area (Å²) in [5.74, 6) is 1.84. The van der Waals surface area contributed by atoms with E-state index in [1.807, 2.05) is 31.3 Å². The third kappa shape index (κ3) is 9.02. The largest absolute Gasteiger partial charge is 0.497 e. The second-order valence-corrected chi connectivity index (χ2v) is 7.13. The van der Waals surface area contributed by atoms with E-state index in [2.05, 4.69) is 15.2 Å². The molecule has 0 spiro atoms. The van der Waals surface area contributed by atoms with Crippen molar-refractivity contribution < 1.29 is 18.9 Å². The molecule has 1 saturated heterocycles. The fraction of sp³-hybridized carbons (Fsp3) is 0.682. The van der Waals surface area contributed by atoms with Crippen LogP contribution in [0.3, 0.4) is 0 Å². The van der Waals surface area contributed by atoms with Crippen LogP contribution in [0.25, 0.3) is 0 Å². The number of ether oxygens (including phenoxy) is 4. The first-order valence-corrected chi connectivity index (χ1v) is 10.5. The second kappa shape index (κ2) is 14.2. The maximum atomic E-state index is 5.93. The minimum atomic E-state index is 0.354. The molecule has 7 nitrogen and oxygen atoms in total. The topological polar surface area (TPSA) is 64.6 Å². The molecule has 0 bridgehead atoms. The Bertz CT molecular complexity index is 572. The number of rotatable bonds is 12. The third-order valence-corrected chi connectivity index (χ3v) is 4.98. The zero-order valence-electron chi connectivity index (χ0n) is 18.2. The average molecular weight is 408 g/mol. The Morgan fingerprint density at radius 1 is 1.07 bits per heavy atom. The number of hydrogen-bond acceptors (Lipinski definition) is 5. The van der Waals surface area contributed by atoms with Crippen LogP contribution in [0.5, 0.6) is 5.75 Å². The zero-order valence-corrected chi connectivity index (χ0v) is 18.2. The monoisotopic (exact) mass is 407 g/mol. The van der Waals surface area contributed by atoms with Crippen molar-refractivity contribution in [1.29, 1.82) is 0 Å². The summed E-state index contributed by atoms with van der Waals surface area (Å²) in [5, 5.41) is 3.45. The minimum absolute atomic E-state index is 0.354. The first-order chi connectivity index (χ1) is 14.3. The molecule has 1 aliphatic heterocycles. The normalized spacial score (nSPS) is 15.6. The van der Waals surface area contributed by atoms with Crippen LogP contribution in [-0.2, 0) is 20.8 Å². The summed E-state index contributed by atoms with van der Waals surface area (Å²) in [5.41, 5.74) is 1.15. The van der Waals surface area contributed by atoms with Crippen LogP contribution in [-0.4, -0.2) is 77.7 Å². The van der Waals surface area contributed by atoms with Crippen molar-refractivity contribution in [3.05, 3.63) is 29.8 Å². The first kappa shape index (κ1) is 23.4. The number of nitrogens with one attached hydrogen (secondary N) is 1. The number of guanidine groups is 1. The third-order valence-electron chi connectivity index (χ3n) is 4.98. The molecule has 0 aliphatic carbocycles. The molecule has 0 aromatic heterocycles. The molecule has 0 atom stereocenters. The highest BCUT2D eigenvalue weighted by molar-refractivity contribution is 5.79. The van der Waals surface area contributed by atoms with Gasteiger partial charge in [-0.25, -0.2) is 0 Å². The van der Waals surface area contributed by atoms with Crippen LogP contribution < -0.4 is 10.1 Å². The van der Waals surface area contributed by atoms with Gasteiger partial charge >= 0.3 is 0 Å². The Morgan fingerprint density at radius 2 is 1.83 bits per heavy atom. The van der Waals surface area contributed by atoms with Crippen molar-refractivity contribution in [2.75, 3.05) is 60.7 Å². The molecule has 1 N–H and O–H groups in total. The second-order valence-electron chi connectivity index (χ2n) is 7.13. The molecule has 164 valence electrons. The summed E-state index contributed by atoms with van der Waals surface area (Å²) in [6, 6.07) is 7.98. The summed E-state index contributed by atoms with van der Waals surface area (Å²) >= 11 is 0. The summed E-state index contributed by atoms with van der Waals surface area (Å²) in [6.45, 7) is 5.68. The molecule has 1 aromatic rings. The van der Waals surface area contributed by atoms with Crippen molar-refractivity contribution in [3.63, 3.8) is 0 Å². The van der Waals surface area contributed by atoms with Gasteiger partial charge in [-0.2, -0.15) is 0 Å². The van der Waals surface area contributed by atoms with Crippen molar-refractivity contribution in [1.82, 2.24) is 10.2 Å². The molecular formula is C22H37N3O4. The lowest BCUT2D eigenvalue weighted by atomic mass is 10.1. The molecule has 1 aliphatic rings. The lowest BCUT2D eigenvalue weighted by molar-refractivity contribution is 0.00989. The van der Waals surface area contributed by atoms with Gasteiger partial charge in [0.2, 0.25) is 0 Å². The van der Waals surface area contributed by atoms with E-state index >= 15 is 0 Å². The molecule has 0 unspecified atom stereocenters. The van der Waals surface area contributed by atoms with Crippen LogP contribution in [0.4, 0.5) is 0 Å². The van der Waals surface area contributed by atoms with Crippen LogP contribution >= 0.6 is 0 Å². The molecule has 0 amide bonds. The van der Waals surface area contributed by atoms with Gasteiger partial charge in [-0.3, -0.25) is 4.99 Å². The summed E-state index contributed by atoms with van der Waals surface area (Å²) < 4.78 is 21.9. The number of piperidine rings is 1. The van der Waals surface area contributed by atoms with Gasteiger partial charge in [0.05, 0.1) is 19.8 Å². The lowest BCUT2D eigenvalue weighted by Gasteiger charge is -2.34. The van der Waals surface area contributed by atoms with Crippen molar-refractivity contribution in [2.24, 2.45) is 4.99 Å². The van der Waals surface area contributed by atoms with Crippen molar-refractivity contribution >= 4 is 5.96 Å². The molecule has 1 aromatic carbocycles. The van der Waals surface area contributed by atoms with Crippen LogP contribution in [0, 0.1) is 0 Å². The van der Waals surface area contributed by atoms with Gasteiger partial charge in [-0.15, -0.1) is 0 Å². The average Bonchev–Trinajstić information content (AvgIpc) is 2.77. The molecule has 0 radical (unpaired) electrons. The summed E-state index contributed by atoms with van der Waals surface area (Å²) in [4.78, 5) is 6.74. The van der Waals surface area contributed by atoms with Gasteiger partial charge in [-0.05, 0) is 43.4 Å². The standard InChI is InChI=1S/C22H37N3O4/c1-23-22(25-13-10-21(11-14-25)29-17-5-15-26-2)24-12-4-16-28-18-19-6-8-20(27-3)9-7-19/h6-9,21H,4-5,10-18H2,1-3H3,(H,23,24). The number of likely N-dealkylation sites (tertiary alicyclic amines) is 1. The van der Waals surface area contributed by atoms with E-state index in [1.54, 1.807) is 14.2 Å². The maximum absolute atomic E-state index is 5.93. The minimum Gasteiger partial charge on any atom is -0.497 e. The molecule has 7 heteroatoms. The molecule has 29 heavy (non-hydrogen) atoms. The molecule has 0 saturated carbocycles. The Kier molecular flexibility index (Phi) is 11.5. The van der Waals surface area contributed by atoms with Crippen molar-refractivity contribution in [3.8, 4) is 5.75 Å². The zero-order chi connectivity index (χ0) is 20.7. The van der Waals surface area contributed by atoms with Gasteiger partial charge in [0.15, 0.2) is 5.96 Å². The highest BCUT2D eigenvalue weighted by Crippen LogP contribution is 2.14. The Morgan fingerprint density at radius 3 is 2.48 bits per heavy atom. The van der Waals surface area contributed by atoms with Gasteiger partial charge < -0.3 is 29.2 Å². The van der Waals surface area contributed by atoms with Crippen LogP contribution in [0.1, 0.15) is 31.2 Å². The van der Waals surface area contributed by atoms with Crippen LogP contribution in [0.2, 0.25) is 0 Å². The number of benzene rings is 1. The van der Waals surface area contributed by atoms with Gasteiger partial charge in [-0.1, -0.05) is 12.1 Å². The lowest BCUT2D eigenvalue weighted by Crippen LogP contribution is -2.47. The predicted molar refractivity (Wildman–Crippen MR) is 116 cm³/mol. The smallest absolute Gasteiger partial charge is 0.193 e. The first-order valence-electron chi connectivity index (χ1n) is 10.5. The van der Waals surface area contributed by atoms with E-state index in [1.165, 1.54) is 0 Å². The Hall–Kier alpha value is -1.83. The predicted octanol–water partition coefficient (Wildman–Crippen LogP) is 2.69. The fourth-order valence-electron chi connectivity index (χ4n) is 3.31. The Balaban J connectivity index is 1.54. The maximum Gasteiger partial charge on any atom is 0.193 e.